The molecule has 0 fully saturated rings. The maximum atomic E-state index is 13.8. The summed E-state index contributed by atoms with van der Waals surface area (Å²) in [5.41, 5.74) is -1.19. The molecule has 0 atom stereocenters. The maximum absolute atomic E-state index is 13.8. The third-order valence-corrected chi connectivity index (χ3v) is 4.13. The van der Waals surface area contributed by atoms with E-state index >= 15 is 0 Å². The van der Waals surface area contributed by atoms with E-state index < -0.39 is 17.2 Å². The molecule has 0 aliphatic rings. The molecule has 0 saturated carbocycles. The molecule has 19 heavy (non-hydrogen) atoms. The number of carbonyl (C=O) groups excluding carboxylic acids is 1. The van der Waals surface area contributed by atoms with Crippen LogP contribution in [0.25, 0.3) is 0 Å². The van der Waals surface area contributed by atoms with Gasteiger partial charge < -0.3 is 4.74 Å². The van der Waals surface area contributed by atoms with E-state index in [1.54, 1.807) is 0 Å². The molecular weight excluding hydrogens is 318 g/mol. The van der Waals surface area contributed by atoms with Crippen LogP contribution in [-0.2, 0) is 16.0 Å². The van der Waals surface area contributed by atoms with Gasteiger partial charge in [0, 0.05) is 19.1 Å². The van der Waals surface area contributed by atoms with Gasteiger partial charge in [-0.15, -0.1) is 0 Å². The van der Waals surface area contributed by atoms with Crippen LogP contribution in [0.5, 0.6) is 0 Å². The zero-order valence-electron chi connectivity index (χ0n) is 11.2. The monoisotopic (exact) mass is 334 g/mol. The van der Waals surface area contributed by atoms with Crippen LogP contribution >= 0.6 is 15.9 Å². The fraction of sp³-hybridized carbons (Fsp3) is 0.500. The van der Waals surface area contributed by atoms with Gasteiger partial charge in [0.05, 0.1) is 4.47 Å². The Hall–Kier alpha value is -0.810. The van der Waals surface area contributed by atoms with Crippen molar-refractivity contribution in [3.63, 3.8) is 0 Å². The standard InChI is InChI=1S/C14H17BrF2O2/c1-4-14(5-2,19-3)12(18)8-9-11(16)7-6-10(15)13(9)17/h6-7H,4-5,8H2,1-3H3. The number of carbonyl (C=O) groups is 1. The lowest BCUT2D eigenvalue weighted by Crippen LogP contribution is -2.40. The van der Waals surface area contributed by atoms with E-state index in [9.17, 15) is 13.6 Å². The number of methoxy groups -OCH3 is 1. The molecule has 1 aromatic carbocycles. The summed E-state index contributed by atoms with van der Waals surface area (Å²) in [6.07, 6.45) is 0.624. The maximum Gasteiger partial charge on any atom is 0.169 e. The number of ketones is 1. The number of ether oxygens (including phenoxy) is 1. The minimum Gasteiger partial charge on any atom is -0.370 e. The molecule has 0 N–H and O–H groups in total. The van der Waals surface area contributed by atoms with E-state index in [2.05, 4.69) is 15.9 Å². The van der Waals surface area contributed by atoms with Crippen molar-refractivity contribution in [3.05, 3.63) is 33.8 Å². The summed E-state index contributed by atoms with van der Waals surface area (Å²) in [4.78, 5) is 12.3. The van der Waals surface area contributed by atoms with Gasteiger partial charge in [0.2, 0.25) is 0 Å². The van der Waals surface area contributed by atoms with Gasteiger partial charge in [0.25, 0.3) is 0 Å². The summed E-state index contributed by atoms with van der Waals surface area (Å²) >= 11 is 2.99. The van der Waals surface area contributed by atoms with Gasteiger partial charge in [-0.05, 0) is 40.9 Å². The highest BCUT2D eigenvalue weighted by Gasteiger charge is 2.35. The molecular formula is C14H17BrF2O2. The summed E-state index contributed by atoms with van der Waals surface area (Å²) in [5, 5.41) is 0. The molecule has 1 aromatic rings. The second-order valence-corrected chi connectivity index (χ2v) is 5.18. The first-order valence-corrected chi connectivity index (χ1v) is 6.92. The summed E-state index contributed by atoms with van der Waals surface area (Å²) in [6.45, 7) is 3.64. The van der Waals surface area contributed by atoms with E-state index in [0.717, 1.165) is 6.07 Å². The number of hydrogen-bond donors (Lipinski definition) is 0. The quantitative estimate of drug-likeness (QED) is 0.734. The van der Waals surface area contributed by atoms with Crippen molar-refractivity contribution in [2.24, 2.45) is 0 Å². The smallest absolute Gasteiger partial charge is 0.169 e. The zero-order chi connectivity index (χ0) is 14.6. The van der Waals surface area contributed by atoms with Crippen LogP contribution in [0.2, 0.25) is 0 Å². The Kier molecular flexibility index (Phi) is 5.62. The van der Waals surface area contributed by atoms with Crippen molar-refractivity contribution in [2.45, 2.75) is 38.7 Å². The summed E-state index contributed by atoms with van der Waals surface area (Å²) in [7, 11) is 1.44. The van der Waals surface area contributed by atoms with Gasteiger partial charge in [-0.25, -0.2) is 8.78 Å². The fourth-order valence-corrected chi connectivity index (χ4v) is 2.47. The molecule has 1 rings (SSSR count). The first kappa shape index (κ1) is 16.2. The lowest BCUT2D eigenvalue weighted by Gasteiger charge is -2.28. The van der Waals surface area contributed by atoms with Crippen molar-refractivity contribution in [3.8, 4) is 0 Å². The Morgan fingerprint density at radius 1 is 1.32 bits per heavy atom. The predicted octanol–water partition coefficient (Wildman–Crippen LogP) is 4.04. The van der Waals surface area contributed by atoms with Gasteiger partial charge in [-0.1, -0.05) is 13.8 Å². The van der Waals surface area contributed by atoms with Crippen molar-refractivity contribution in [1.29, 1.82) is 0 Å². The zero-order valence-corrected chi connectivity index (χ0v) is 12.8. The average Bonchev–Trinajstić information content (AvgIpc) is 2.42. The third-order valence-electron chi connectivity index (χ3n) is 3.52. The van der Waals surface area contributed by atoms with Crippen LogP contribution in [0.1, 0.15) is 32.3 Å². The molecule has 5 heteroatoms. The highest BCUT2D eigenvalue weighted by atomic mass is 79.9. The van der Waals surface area contributed by atoms with E-state index in [4.69, 9.17) is 4.74 Å². The van der Waals surface area contributed by atoms with Gasteiger partial charge in [-0.2, -0.15) is 0 Å². The number of rotatable bonds is 6. The van der Waals surface area contributed by atoms with Crippen molar-refractivity contribution in [1.82, 2.24) is 0 Å². The second kappa shape index (κ2) is 6.57. The van der Waals surface area contributed by atoms with Crippen LogP contribution < -0.4 is 0 Å². The highest BCUT2D eigenvalue weighted by molar-refractivity contribution is 9.10. The lowest BCUT2D eigenvalue weighted by molar-refractivity contribution is -0.141. The first-order chi connectivity index (χ1) is 8.91. The molecule has 0 spiro atoms. The normalized spacial score (nSPS) is 11.7. The summed E-state index contributed by atoms with van der Waals surface area (Å²) < 4.78 is 32.9. The molecule has 0 bridgehead atoms. The lowest BCUT2D eigenvalue weighted by atomic mass is 9.88. The van der Waals surface area contributed by atoms with Gasteiger partial charge >= 0.3 is 0 Å². The Labute approximate surface area is 120 Å². The summed E-state index contributed by atoms with van der Waals surface area (Å²) in [6, 6.07) is 2.42. The number of hydrogen-bond acceptors (Lipinski definition) is 2. The first-order valence-electron chi connectivity index (χ1n) is 6.12. The van der Waals surface area contributed by atoms with Gasteiger partial charge in [0.15, 0.2) is 5.78 Å². The number of Topliss-reactive ketones (excluding diaryl/α,β-unsaturated/α-hetero) is 1. The molecule has 0 aliphatic heterocycles. The molecule has 0 aromatic heterocycles. The van der Waals surface area contributed by atoms with Crippen molar-refractivity contribution in [2.75, 3.05) is 7.11 Å². The Bertz CT molecular complexity index is 462. The van der Waals surface area contributed by atoms with Crippen LogP contribution in [0, 0.1) is 11.6 Å². The Morgan fingerprint density at radius 3 is 2.37 bits per heavy atom. The molecule has 2 nitrogen and oxygen atoms in total. The van der Waals surface area contributed by atoms with E-state index in [1.807, 2.05) is 13.8 Å². The molecule has 0 amide bonds. The molecule has 0 unspecified atom stereocenters. The fourth-order valence-electron chi connectivity index (χ4n) is 2.10. The number of halogens is 3. The average molecular weight is 335 g/mol. The molecule has 106 valence electrons. The third kappa shape index (κ3) is 3.20. The molecule has 0 heterocycles. The molecule has 0 saturated heterocycles. The van der Waals surface area contributed by atoms with Crippen molar-refractivity contribution >= 4 is 21.7 Å². The minimum absolute atomic E-state index is 0.146. The van der Waals surface area contributed by atoms with Crippen LogP contribution in [0.3, 0.4) is 0 Å². The van der Waals surface area contributed by atoms with Crippen LogP contribution in [-0.4, -0.2) is 18.5 Å². The Morgan fingerprint density at radius 2 is 1.89 bits per heavy atom. The predicted molar refractivity (Wildman–Crippen MR) is 73.1 cm³/mol. The molecule has 0 aliphatic carbocycles. The minimum atomic E-state index is -0.971. The van der Waals surface area contributed by atoms with E-state index in [0.29, 0.717) is 12.8 Å². The topological polar surface area (TPSA) is 26.3 Å². The second-order valence-electron chi connectivity index (χ2n) is 4.33. The summed E-state index contributed by atoms with van der Waals surface area (Å²) in [5.74, 6) is -1.76. The van der Waals surface area contributed by atoms with Gasteiger partial charge in [-0.3, -0.25) is 4.79 Å². The van der Waals surface area contributed by atoms with Crippen LogP contribution in [0.4, 0.5) is 8.78 Å². The molecule has 0 radical (unpaired) electrons. The Balaban J connectivity index is 3.09. The van der Waals surface area contributed by atoms with Crippen molar-refractivity contribution < 1.29 is 18.3 Å². The van der Waals surface area contributed by atoms with Gasteiger partial charge in [0.1, 0.15) is 17.2 Å². The SMILES string of the molecule is CCC(CC)(OC)C(=O)Cc1c(F)ccc(Br)c1F. The highest BCUT2D eigenvalue weighted by Crippen LogP contribution is 2.27. The van der Waals surface area contributed by atoms with E-state index in [1.165, 1.54) is 13.2 Å². The number of benzene rings is 1. The van der Waals surface area contributed by atoms with E-state index in [-0.39, 0.29) is 22.2 Å². The van der Waals surface area contributed by atoms with Crippen LogP contribution in [0.15, 0.2) is 16.6 Å². The largest absolute Gasteiger partial charge is 0.370 e.